The number of carbonyl (C=O) groups is 2. The summed E-state index contributed by atoms with van der Waals surface area (Å²) < 4.78 is 10.6. The zero-order valence-electron chi connectivity index (χ0n) is 14.6. The van der Waals surface area contributed by atoms with Crippen molar-refractivity contribution >= 4 is 11.8 Å². The molecule has 0 spiro atoms. The van der Waals surface area contributed by atoms with Crippen molar-refractivity contribution in [3.05, 3.63) is 59.4 Å². The van der Waals surface area contributed by atoms with Gasteiger partial charge in [-0.15, -0.1) is 0 Å². The molecule has 0 saturated heterocycles. The topological polar surface area (TPSA) is 80.8 Å². The monoisotopic (exact) mass is 355 g/mol. The van der Waals surface area contributed by atoms with Crippen molar-refractivity contribution < 1.29 is 19.1 Å². The SMILES string of the molecule is COCCN1Cc2cc(C(=O)NCc3cccnc3)ccc2OCC1=O. The van der Waals surface area contributed by atoms with Crippen LogP contribution in [-0.4, -0.2) is 48.6 Å². The highest BCUT2D eigenvalue weighted by Crippen LogP contribution is 2.24. The Bertz CT molecular complexity index is 780. The number of rotatable bonds is 6. The molecule has 1 aliphatic heterocycles. The quantitative estimate of drug-likeness (QED) is 0.847. The van der Waals surface area contributed by atoms with Crippen LogP contribution in [0.25, 0.3) is 0 Å². The molecule has 7 heteroatoms. The number of pyridine rings is 1. The first-order valence-corrected chi connectivity index (χ1v) is 8.37. The summed E-state index contributed by atoms with van der Waals surface area (Å²) in [7, 11) is 1.59. The van der Waals surface area contributed by atoms with Gasteiger partial charge in [-0.2, -0.15) is 0 Å². The van der Waals surface area contributed by atoms with Gasteiger partial charge in [-0.25, -0.2) is 0 Å². The van der Waals surface area contributed by atoms with Gasteiger partial charge >= 0.3 is 0 Å². The van der Waals surface area contributed by atoms with Gasteiger partial charge in [0.05, 0.1) is 6.61 Å². The van der Waals surface area contributed by atoms with E-state index < -0.39 is 0 Å². The molecule has 1 aliphatic rings. The van der Waals surface area contributed by atoms with Gasteiger partial charge in [-0.1, -0.05) is 6.07 Å². The maximum atomic E-state index is 12.4. The summed E-state index contributed by atoms with van der Waals surface area (Å²) >= 11 is 0. The number of benzene rings is 1. The molecule has 26 heavy (non-hydrogen) atoms. The Hall–Kier alpha value is -2.93. The maximum Gasteiger partial charge on any atom is 0.260 e. The smallest absolute Gasteiger partial charge is 0.260 e. The lowest BCUT2D eigenvalue weighted by Crippen LogP contribution is -2.34. The molecule has 3 rings (SSSR count). The highest BCUT2D eigenvalue weighted by molar-refractivity contribution is 5.94. The highest BCUT2D eigenvalue weighted by Gasteiger charge is 2.22. The summed E-state index contributed by atoms with van der Waals surface area (Å²) in [4.78, 5) is 30.3. The van der Waals surface area contributed by atoms with Crippen LogP contribution >= 0.6 is 0 Å². The largest absolute Gasteiger partial charge is 0.483 e. The number of hydrogen-bond acceptors (Lipinski definition) is 5. The molecule has 2 amide bonds. The molecule has 0 bridgehead atoms. The molecule has 7 nitrogen and oxygen atoms in total. The van der Waals surface area contributed by atoms with Gasteiger partial charge in [0.1, 0.15) is 5.75 Å². The molecule has 1 N–H and O–H groups in total. The second-order valence-electron chi connectivity index (χ2n) is 5.96. The molecule has 2 heterocycles. The minimum atomic E-state index is -0.185. The molecular weight excluding hydrogens is 334 g/mol. The summed E-state index contributed by atoms with van der Waals surface area (Å²) in [5.41, 5.74) is 2.26. The van der Waals surface area contributed by atoms with Crippen molar-refractivity contribution in [2.45, 2.75) is 13.1 Å². The van der Waals surface area contributed by atoms with Crippen LogP contribution < -0.4 is 10.1 Å². The fourth-order valence-corrected chi connectivity index (χ4v) is 2.70. The number of nitrogens with one attached hydrogen (secondary N) is 1. The van der Waals surface area contributed by atoms with Gasteiger partial charge in [0.25, 0.3) is 11.8 Å². The fourth-order valence-electron chi connectivity index (χ4n) is 2.70. The Morgan fingerprint density at radius 2 is 2.27 bits per heavy atom. The molecule has 0 aliphatic carbocycles. The van der Waals surface area contributed by atoms with Gasteiger partial charge in [0.15, 0.2) is 6.61 Å². The van der Waals surface area contributed by atoms with Crippen LogP contribution in [0.4, 0.5) is 0 Å². The Kier molecular flexibility index (Phi) is 5.80. The van der Waals surface area contributed by atoms with Crippen LogP contribution in [0.5, 0.6) is 5.75 Å². The van der Waals surface area contributed by atoms with Crippen LogP contribution in [0.2, 0.25) is 0 Å². The second kappa shape index (κ2) is 8.44. The predicted octanol–water partition coefficient (Wildman–Crippen LogP) is 1.38. The first-order chi connectivity index (χ1) is 12.7. The van der Waals surface area contributed by atoms with Crippen LogP contribution in [0.15, 0.2) is 42.7 Å². The number of ether oxygens (including phenoxy) is 2. The molecule has 136 valence electrons. The number of nitrogens with zero attached hydrogens (tertiary/aromatic N) is 2. The molecule has 1 aromatic carbocycles. The molecule has 0 saturated carbocycles. The predicted molar refractivity (Wildman–Crippen MR) is 94.6 cm³/mol. The molecule has 0 unspecified atom stereocenters. The van der Waals surface area contributed by atoms with Crippen LogP contribution in [-0.2, 0) is 22.6 Å². The summed E-state index contributed by atoms with van der Waals surface area (Å²) in [6.07, 6.45) is 3.40. The third-order valence-corrected chi connectivity index (χ3v) is 4.13. The van der Waals surface area contributed by atoms with Gasteiger partial charge in [-0.05, 0) is 29.8 Å². The van der Waals surface area contributed by atoms with E-state index in [1.54, 1.807) is 42.6 Å². The molecule has 0 atom stereocenters. The van der Waals surface area contributed by atoms with E-state index in [0.717, 1.165) is 11.1 Å². The van der Waals surface area contributed by atoms with Crippen LogP contribution in [0, 0.1) is 0 Å². The van der Waals surface area contributed by atoms with Crippen LogP contribution in [0.3, 0.4) is 0 Å². The van der Waals surface area contributed by atoms with Crippen molar-refractivity contribution in [2.24, 2.45) is 0 Å². The molecular formula is C19H21N3O4. The number of amides is 2. The number of hydrogen-bond donors (Lipinski definition) is 1. The van der Waals surface area contributed by atoms with E-state index >= 15 is 0 Å². The van der Waals surface area contributed by atoms with Crippen molar-refractivity contribution in [3.63, 3.8) is 0 Å². The van der Waals surface area contributed by atoms with Gasteiger partial charge in [0.2, 0.25) is 0 Å². The number of aromatic nitrogens is 1. The van der Waals surface area contributed by atoms with E-state index in [1.165, 1.54) is 0 Å². The molecule has 2 aromatic rings. The van der Waals surface area contributed by atoms with E-state index in [-0.39, 0.29) is 18.4 Å². The maximum absolute atomic E-state index is 12.4. The Morgan fingerprint density at radius 3 is 3.04 bits per heavy atom. The minimum absolute atomic E-state index is 0.0107. The molecule has 1 aromatic heterocycles. The lowest BCUT2D eigenvalue weighted by atomic mass is 10.1. The molecule has 0 radical (unpaired) electrons. The summed E-state index contributed by atoms with van der Waals surface area (Å²) in [6.45, 7) is 1.71. The van der Waals surface area contributed by atoms with E-state index in [2.05, 4.69) is 10.3 Å². The lowest BCUT2D eigenvalue weighted by molar-refractivity contribution is -0.133. The highest BCUT2D eigenvalue weighted by atomic mass is 16.5. The minimum Gasteiger partial charge on any atom is -0.483 e. The third-order valence-electron chi connectivity index (χ3n) is 4.13. The zero-order valence-corrected chi connectivity index (χ0v) is 14.6. The Morgan fingerprint density at radius 1 is 1.38 bits per heavy atom. The van der Waals surface area contributed by atoms with Gasteiger partial charge < -0.3 is 19.7 Å². The van der Waals surface area contributed by atoms with E-state index in [0.29, 0.717) is 37.6 Å². The van der Waals surface area contributed by atoms with Gasteiger partial charge in [0, 0.05) is 50.3 Å². The van der Waals surface area contributed by atoms with Crippen molar-refractivity contribution in [1.82, 2.24) is 15.2 Å². The summed E-state index contributed by atoms with van der Waals surface area (Å²) in [5.74, 6) is 0.346. The number of carbonyl (C=O) groups excluding carboxylic acids is 2. The first-order valence-electron chi connectivity index (χ1n) is 8.37. The van der Waals surface area contributed by atoms with E-state index in [1.807, 2.05) is 12.1 Å². The van der Waals surface area contributed by atoms with Crippen molar-refractivity contribution in [3.8, 4) is 5.75 Å². The normalized spacial score (nSPS) is 13.6. The number of methoxy groups -OCH3 is 1. The fraction of sp³-hybridized carbons (Fsp3) is 0.316. The zero-order chi connectivity index (χ0) is 18.4. The van der Waals surface area contributed by atoms with Gasteiger partial charge in [-0.3, -0.25) is 14.6 Å². The lowest BCUT2D eigenvalue weighted by Gasteiger charge is -2.19. The van der Waals surface area contributed by atoms with Crippen molar-refractivity contribution in [1.29, 1.82) is 0 Å². The average Bonchev–Trinajstić information content (AvgIpc) is 2.83. The third kappa shape index (κ3) is 4.37. The Balaban J connectivity index is 1.71. The first kappa shape index (κ1) is 17.9. The molecule has 0 fully saturated rings. The summed E-state index contributed by atoms with van der Waals surface area (Å²) in [5, 5.41) is 2.87. The van der Waals surface area contributed by atoms with Crippen LogP contribution in [0.1, 0.15) is 21.5 Å². The standard InChI is InChI=1S/C19H21N3O4/c1-25-8-7-22-12-16-9-15(4-5-17(16)26-13-18(22)23)19(24)21-11-14-3-2-6-20-10-14/h2-6,9-10H,7-8,11-13H2,1H3,(H,21,24). The number of fused-ring (bicyclic) bond motifs is 1. The summed E-state index contributed by atoms with van der Waals surface area (Å²) in [6, 6.07) is 8.94. The van der Waals surface area contributed by atoms with Crippen molar-refractivity contribution in [2.75, 3.05) is 26.9 Å². The second-order valence-corrected chi connectivity index (χ2v) is 5.96. The van der Waals surface area contributed by atoms with E-state index in [9.17, 15) is 9.59 Å². The Labute approximate surface area is 151 Å². The average molecular weight is 355 g/mol. The van der Waals surface area contributed by atoms with E-state index in [4.69, 9.17) is 9.47 Å².